The number of aromatic nitrogens is 2. The van der Waals surface area contributed by atoms with Crippen molar-refractivity contribution in [2.24, 2.45) is 0 Å². The summed E-state index contributed by atoms with van der Waals surface area (Å²) in [6.45, 7) is 4.55. The van der Waals surface area contributed by atoms with Crippen molar-refractivity contribution in [1.82, 2.24) is 19.8 Å². The molecule has 1 saturated heterocycles. The van der Waals surface area contributed by atoms with E-state index in [0.29, 0.717) is 19.0 Å². The maximum absolute atomic E-state index is 12.7. The number of rotatable bonds is 3. The highest BCUT2D eigenvalue weighted by molar-refractivity contribution is 5.79. The first-order valence-electron chi connectivity index (χ1n) is 9.98. The largest absolute Gasteiger partial charge is 0.338 e. The molecule has 5 heteroatoms. The number of nitrogens with zero attached hydrogens (tertiary/aromatic N) is 4. The number of piperidine rings is 1. The lowest BCUT2D eigenvalue weighted by molar-refractivity contribution is -0.131. The molecule has 1 atom stereocenters. The van der Waals surface area contributed by atoms with Crippen molar-refractivity contribution in [3.63, 3.8) is 0 Å². The van der Waals surface area contributed by atoms with Crippen molar-refractivity contribution in [2.45, 2.75) is 51.6 Å². The second-order valence-electron chi connectivity index (χ2n) is 7.92. The first-order valence-corrected chi connectivity index (χ1v) is 9.98. The summed E-state index contributed by atoms with van der Waals surface area (Å²) in [5.41, 5.74) is 4.51. The van der Waals surface area contributed by atoms with Crippen LogP contribution in [0.1, 0.15) is 53.5 Å². The molecule has 0 bridgehead atoms. The first kappa shape index (κ1) is 18.1. The van der Waals surface area contributed by atoms with E-state index in [4.69, 9.17) is 4.98 Å². The number of benzene rings is 1. The van der Waals surface area contributed by atoms with Crippen LogP contribution in [0.3, 0.4) is 0 Å². The van der Waals surface area contributed by atoms with Gasteiger partial charge in [0, 0.05) is 31.3 Å². The third kappa shape index (κ3) is 4.03. The molecule has 0 spiro atoms. The molecule has 0 aliphatic carbocycles. The first-order chi connectivity index (χ1) is 13.1. The van der Waals surface area contributed by atoms with Gasteiger partial charge in [-0.1, -0.05) is 36.2 Å². The van der Waals surface area contributed by atoms with Crippen LogP contribution in [-0.4, -0.2) is 45.8 Å². The summed E-state index contributed by atoms with van der Waals surface area (Å²) in [7, 11) is 2.16. The predicted octanol–water partition coefficient (Wildman–Crippen LogP) is 3.07. The molecule has 27 heavy (non-hydrogen) atoms. The highest BCUT2D eigenvalue weighted by Gasteiger charge is 2.26. The maximum Gasteiger partial charge on any atom is 0.227 e. The average Bonchev–Trinajstić information content (AvgIpc) is 2.69. The van der Waals surface area contributed by atoms with Crippen molar-refractivity contribution in [1.29, 1.82) is 0 Å². The minimum absolute atomic E-state index is 0.181. The second-order valence-corrected chi connectivity index (χ2v) is 7.92. The van der Waals surface area contributed by atoms with Crippen LogP contribution in [0.5, 0.6) is 0 Å². The quantitative estimate of drug-likeness (QED) is 0.840. The molecular weight excluding hydrogens is 336 g/mol. The van der Waals surface area contributed by atoms with Gasteiger partial charge in [-0.3, -0.25) is 9.69 Å². The van der Waals surface area contributed by atoms with Crippen LogP contribution in [0.2, 0.25) is 0 Å². The maximum atomic E-state index is 12.7. The van der Waals surface area contributed by atoms with Crippen LogP contribution in [-0.2, 0) is 24.2 Å². The molecule has 1 aromatic carbocycles. The molecule has 3 heterocycles. The summed E-state index contributed by atoms with van der Waals surface area (Å²) in [5, 5.41) is 0. The third-order valence-electron chi connectivity index (χ3n) is 5.85. The third-order valence-corrected chi connectivity index (χ3v) is 5.85. The van der Waals surface area contributed by atoms with Gasteiger partial charge in [0.2, 0.25) is 5.91 Å². The van der Waals surface area contributed by atoms with Gasteiger partial charge in [0.1, 0.15) is 5.82 Å². The Morgan fingerprint density at radius 2 is 2.00 bits per heavy atom. The highest BCUT2D eigenvalue weighted by atomic mass is 16.2. The van der Waals surface area contributed by atoms with E-state index in [0.717, 1.165) is 48.6 Å². The van der Waals surface area contributed by atoms with E-state index < -0.39 is 0 Å². The lowest BCUT2D eigenvalue weighted by atomic mass is 10.0. The minimum atomic E-state index is 0.181. The molecule has 142 valence electrons. The summed E-state index contributed by atoms with van der Waals surface area (Å²) in [5.74, 6) is 1.14. The number of likely N-dealkylation sites (tertiary alicyclic amines) is 1. The molecule has 1 aromatic heterocycles. The van der Waals surface area contributed by atoms with E-state index in [1.165, 1.54) is 18.4 Å². The Morgan fingerprint density at radius 3 is 2.78 bits per heavy atom. The molecule has 0 N–H and O–H groups in total. The normalized spacial score (nSPS) is 20.4. The molecule has 5 nitrogen and oxygen atoms in total. The fourth-order valence-electron chi connectivity index (χ4n) is 4.10. The summed E-state index contributed by atoms with van der Waals surface area (Å²) < 4.78 is 0. The molecule has 0 unspecified atom stereocenters. The van der Waals surface area contributed by atoms with E-state index in [9.17, 15) is 4.79 Å². The van der Waals surface area contributed by atoms with Crippen molar-refractivity contribution in [2.75, 3.05) is 20.1 Å². The van der Waals surface area contributed by atoms with Gasteiger partial charge < -0.3 is 4.90 Å². The standard InChI is InChI=1S/C22H28N4O/c1-16-6-8-17(9-7-16)13-21(27)26-12-10-19-18(15-26)14-23-22(24-19)20-5-3-4-11-25(20)2/h6-9,14,20H,3-5,10-13,15H2,1-2H3/t20-/m1/s1. The van der Waals surface area contributed by atoms with E-state index in [-0.39, 0.29) is 5.91 Å². The lowest BCUT2D eigenvalue weighted by Crippen LogP contribution is -2.38. The minimum Gasteiger partial charge on any atom is -0.338 e. The van der Waals surface area contributed by atoms with Gasteiger partial charge in [-0.15, -0.1) is 0 Å². The van der Waals surface area contributed by atoms with Crippen molar-refractivity contribution in [3.05, 3.63) is 58.7 Å². The summed E-state index contributed by atoms with van der Waals surface area (Å²) in [6, 6.07) is 8.55. The van der Waals surface area contributed by atoms with Gasteiger partial charge >= 0.3 is 0 Å². The molecular formula is C22H28N4O. The Bertz CT molecular complexity index is 818. The van der Waals surface area contributed by atoms with Gasteiger partial charge in [-0.2, -0.15) is 0 Å². The molecule has 2 aromatic rings. The number of fused-ring (bicyclic) bond motifs is 1. The number of hydrogen-bond donors (Lipinski definition) is 0. The van der Waals surface area contributed by atoms with Gasteiger partial charge in [-0.25, -0.2) is 9.97 Å². The van der Waals surface area contributed by atoms with E-state index in [2.05, 4.69) is 36.0 Å². The zero-order chi connectivity index (χ0) is 18.8. The Kier molecular flexibility index (Phi) is 5.21. The zero-order valence-electron chi connectivity index (χ0n) is 16.3. The topological polar surface area (TPSA) is 49.3 Å². The zero-order valence-corrected chi connectivity index (χ0v) is 16.3. The Morgan fingerprint density at radius 1 is 1.19 bits per heavy atom. The smallest absolute Gasteiger partial charge is 0.227 e. The summed E-state index contributed by atoms with van der Waals surface area (Å²) in [6.07, 6.45) is 6.87. The lowest BCUT2D eigenvalue weighted by Gasteiger charge is -2.33. The molecule has 4 rings (SSSR count). The number of hydrogen-bond acceptors (Lipinski definition) is 4. The van der Waals surface area contributed by atoms with E-state index in [1.807, 2.05) is 23.2 Å². The molecule has 1 fully saturated rings. The van der Waals surface area contributed by atoms with Crippen LogP contribution in [0.25, 0.3) is 0 Å². The average molecular weight is 364 g/mol. The van der Waals surface area contributed by atoms with Crippen LogP contribution in [0.15, 0.2) is 30.5 Å². The number of carbonyl (C=O) groups is 1. The fraction of sp³-hybridized carbons (Fsp3) is 0.500. The summed E-state index contributed by atoms with van der Waals surface area (Å²) >= 11 is 0. The molecule has 0 saturated carbocycles. The highest BCUT2D eigenvalue weighted by Crippen LogP contribution is 2.28. The molecule has 2 aliphatic rings. The summed E-state index contributed by atoms with van der Waals surface area (Å²) in [4.78, 5) is 26.6. The van der Waals surface area contributed by atoms with E-state index >= 15 is 0 Å². The van der Waals surface area contributed by atoms with Crippen LogP contribution < -0.4 is 0 Å². The second kappa shape index (κ2) is 7.77. The van der Waals surface area contributed by atoms with Gasteiger partial charge in [-0.05, 0) is 38.9 Å². The predicted molar refractivity (Wildman–Crippen MR) is 105 cm³/mol. The fourth-order valence-corrected chi connectivity index (χ4v) is 4.10. The van der Waals surface area contributed by atoms with Crippen LogP contribution in [0.4, 0.5) is 0 Å². The monoisotopic (exact) mass is 364 g/mol. The van der Waals surface area contributed by atoms with Gasteiger partial charge in [0.15, 0.2) is 0 Å². The Balaban J connectivity index is 1.43. The van der Waals surface area contributed by atoms with Gasteiger partial charge in [0.05, 0.1) is 18.2 Å². The number of aryl methyl sites for hydroxylation is 1. The Hall–Kier alpha value is -2.27. The van der Waals surface area contributed by atoms with Crippen LogP contribution >= 0.6 is 0 Å². The van der Waals surface area contributed by atoms with Crippen molar-refractivity contribution < 1.29 is 4.79 Å². The molecule has 1 amide bonds. The molecule has 2 aliphatic heterocycles. The number of carbonyl (C=O) groups excluding carboxylic acids is 1. The number of amides is 1. The van der Waals surface area contributed by atoms with Crippen molar-refractivity contribution in [3.8, 4) is 0 Å². The van der Waals surface area contributed by atoms with E-state index in [1.54, 1.807) is 0 Å². The van der Waals surface area contributed by atoms with Crippen LogP contribution in [0, 0.1) is 6.92 Å². The van der Waals surface area contributed by atoms with Crippen molar-refractivity contribution >= 4 is 5.91 Å². The Labute approximate surface area is 161 Å². The SMILES string of the molecule is Cc1ccc(CC(=O)N2CCc3nc([C@H]4CCCCN4C)ncc3C2)cc1. The molecule has 0 radical (unpaired) electrons. The van der Waals surface area contributed by atoms with Gasteiger partial charge in [0.25, 0.3) is 0 Å².